The van der Waals surface area contributed by atoms with Crippen LogP contribution in [0.2, 0.25) is 12.1 Å². The van der Waals surface area contributed by atoms with E-state index in [0.717, 1.165) is 5.50 Å². The smallest absolute Gasteiger partial charge is 0.207 e. The van der Waals surface area contributed by atoms with Crippen LogP contribution in [-0.2, 0) is 4.43 Å². The average Bonchev–Trinajstić information content (AvgIpc) is 2.37. The first-order chi connectivity index (χ1) is 8.26. The summed E-state index contributed by atoms with van der Waals surface area (Å²) in [4.78, 5) is 0. The topological polar surface area (TPSA) is 9.23 Å². The van der Waals surface area contributed by atoms with Crippen molar-refractivity contribution in [3.05, 3.63) is 0 Å². The monoisotopic (exact) mass is 276 g/mol. The van der Waals surface area contributed by atoms with Crippen LogP contribution in [0.4, 0.5) is 0 Å². The van der Waals surface area contributed by atoms with E-state index < -0.39 is 8.32 Å². The minimum Gasteiger partial charge on any atom is -0.413 e. The van der Waals surface area contributed by atoms with Crippen LogP contribution in [0.25, 0.3) is 0 Å². The van der Waals surface area contributed by atoms with Crippen molar-refractivity contribution in [2.24, 2.45) is 0 Å². The van der Waals surface area contributed by atoms with Crippen molar-refractivity contribution in [2.75, 3.05) is 5.50 Å². The number of rotatable bonds is 8. The van der Waals surface area contributed by atoms with Gasteiger partial charge in [-0.3, -0.25) is 0 Å². The minimum absolute atomic E-state index is 0.503. The zero-order chi connectivity index (χ0) is 12.6. The van der Waals surface area contributed by atoms with Gasteiger partial charge < -0.3 is 4.43 Å². The van der Waals surface area contributed by atoms with Gasteiger partial charge >= 0.3 is 0 Å². The van der Waals surface area contributed by atoms with Gasteiger partial charge in [0, 0.05) is 11.6 Å². The standard InChI is InChI=1S/C14H29ClOSi/c1-3-5-10-14(9-4-2)16-17(13-15)11-7-6-8-12-17/h14H,3-13H2,1-2H3. The van der Waals surface area contributed by atoms with Crippen molar-refractivity contribution >= 4 is 19.9 Å². The number of alkyl halides is 1. The lowest BCUT2D eigenvalue weighted by atomic mass is 10.1. The largest absolute Gasteiger partial charge is 0.413 e. The van der Waals surface area contributed by atoms with Gasteiger partial charge in [-0.05, 0) is 24.9 Å². The summed E-state index contributed by atoms with van der Waals surface area (Å²) in [5, 5.41) is 0. The molecule has 0 aromatic heterocycles. The molecule has 0 aromatic carbocycles. The summed E-state index contributed by atoms with van der Waals surface area (Å²) in [5.74, 6) is 0. The number of hydrogen-bond acceptors (Lipinski definition) is 1. The van der Waals surface area contributed by atoms with Gasteiger partial charge in [0.2, 0.25) is 8.32 Å². The lowest BCUT2D eigenvalue weighted by Crippen LogP contribution is -2.45. The Balaban J connectivity index is 2.48. The number of hydrogen-bond donors (Lipinski definition) is 0. The zero-order valence-electron chi connectivity index (χ0n) is 11.6. The SMILES string of the molecule is CCCCC(CCC)O[Si]1(CCl)CCCCC1. The Hall–Kier alpha value is 0.467. The fourth-order valence-corrected chi connectivity index (χ4v) is 7.39. The molecule has 0 saturated carbocycles. The third-order valence-electron chi connectivity index (χ3n) is 3.92. The van der Waals surface area contributed by atoms with Crippen molar-refractivity contribution in [2.45, 2.75) is 83.4 Å². The molecule has 17 heavy (non-hydrogen) atoms. The highest BCUT2D eigenvalue weighted by atomic mass is 35.5. The maximum absolute atomic E-state index is 6.58. The Morgan fingerprint density at radius 3 is 2.29 bits per heavy atom. The van der Waals surface area contributed by atoms with Gasteiger partial charge in [0.15, 0.2) is 0 Å². The predicted octanol–water partition coefficient (Wildman–Crippen LogP) is 5.27. The van der Waals surface area contributed by atoms with E-state index in [1.54, 1.807) is 0 Å². The molecule has 1 atom stereocenters. The summed E-state index contributed by atoms with van der Waals surface area (Å²) >= 11 is 6.25. The van der Waals surface area contributed by atoms with E-state index in [9.17, 15) is 0 Å². The van der Waals surface area contributed by atoms with Crippen molar-refractivity contribution in [3.63, 3.8) is 0 Å². The van der Waals surface area contributed by atoms with Crippen molar-refractivity contribution in [1.82, 2.24) is 0 Å². The van der Waals surface area contributed by atoms with E-state index in [2.05, 4.69) is 13.8 Å². The molecule has 0 spiro atoms. The highest BCUT2D eigenvalue weighted by Gasteiger charge is 2.37. The molecule has 3 heteroatoms. The quantitative estimate of drug-likeness (QED) is 0.433. The average molecular weight is 277 g/mol. The fraction of sp³-hybridized carbons (Fsp3) is 1.00. The first kappa shape index (κ1) is 15.5. The molecule has 0 N–H and O–H groups in total. The van der Waals surface area contributed by atoms with Crippen LogP contribution in [0, 0.1) is 0 Å². The molecule has 1 rings (SSSR count). The number of halogens is 1. The minimum atomic E-state index is -1.54. The molecular weight excluding hydrogens is 248 g/mol. The summed E-state index contributed by atoms with van der Waals surface area (Å²) in [7, 11) is -1.54. The normalized spacial score (nSPS) is 21.4. The second-order valence-electron chi connectivity index (χ2n) is 5.55. The van der Waals surface area contributed by atoms with E-state index in [4.69, 9.17) is 16.0 Å². The second kappa shape index (κ2) is 8.55. The van der Waals surface area contributed by atoms with Gasteiger partial charge in [0.05, 0.1) is 0 Å². The van der Waals surface area contributed by atoms with Crippen LogP contribution < -0.4 is 0 Å². The van der Waals surface area contributed by atoms with Crippen LogP contribution >= 0.6 is 11.6 Å². The van der Waals surface area contributed by atoms with Crippen LogP contribution in [0.3, 0.4) is 0 Å². The lowest BCUT2D eigenvalue weighted by Gasteiger charge is -2.36. The molecule has 102 valence electrons. The van der Waals surface area contributed by atoms with E-state index >= 15 is 0 Å². The summed E-state index contributed by atoms with van der Waals surface area (Å²) in [5.41, 5.74) is 0.819. The van der Waals surface area contributed by atoms with Gasteiger partial charge in [-0.25, -0.2) is 0 Å². The number of unbranched alkanes of at least 4 members (excludes halogenated alkanes) is 1. The van der Waals surface area contributed by atoms with Crippen LogP contribution in [0.1, 0.15) is 65.2 Å². The molecule has 1 unspecified atom stereocenters. The molecule has 0 radical (unpaired) electrons. The van der Waals surface area contributed by atoms with E-state index in [-0.39, 0.29) is 0 Å². The van der Waals surface area contributed by atoms with Gasteiger partial charge in [0.1, 0.15) is 0 Å². The van der Waals surface area contributed by atoms with E-state index in [1.165, 1.54) is 63.5 Å². The van der Waals surface area contributed by atoms with Crippen molar-refractivity contribution < 1.29 is 4.43 Å². The molecule has 1 saturated heterocycles. The third kappa shape index (κ3) is 5.31. The van der Waals surface area contributed by atoms with Gasteiger partial charge in [0.25, 0.3) is 0 Å². The summed E-state index contributed by atoms with van der Waals surface area (Å²) in [6.07, 6.45) is 10.9. The summed E-state index contributed by atoms with van der Waals surface area (Å²) in [6.45, 7) is 4.52. The van der Waals surface area contributed by atoms with Crippen LogP contribution in [0.15, 0.2) is 0 Å². The molecule has 0 aromatic rings. The molecule has 0 bridgehead atoms. The maximum Gasteiger partial charge on any atom is 0.207 e. The molecule has 1 heterocycles. The molecule has 0 amide bonds. The van der Waals surface area contributed by atoms with Crippen LogP contribution in [0.5, 0.6) is 0 Å². The first-order valence-electron chi connectivity index (χ1n) is 7.50. The van der Waals surface area contributed by atoms with Gasteiger partial charge in [-0.15, -0.1) is 11.6 Å². The zero-order valence-corrected chi connectivity index (χ0v) is 13.4. The van der Waals surface area contributed by atoms with Gasteiger partial charge in [-0.2, -0.15) is 0 Å². The van der Waals surface area contributed by atoms with Crippen molar-refractivity contribution in [3.8, 4) is 0 Å². The third-order valence-corrected chi connectivity index (χ3v) is 9.23. The summed E-state index contributed by atoms with van der Waals surface area (Å²) < 4.78 is 6.58. The second-order valence-corrected chi connectivity index (χ2v) is 10.2. The summed E-state index contributed by atoms with van der Waals surface area (Å²) in [6, 6.07) is 2.62. The molecule has 1 aliphatic heterocycles. The Kier molecular flexibility index (Phi) is 7.81. The Morgan fingerprint density at radius 2 is 1.76 bits per heavy atom. The maximum atomic E-state index is 6.58. The van der Waals surface area contributed by atoms with Gasteiger partial charge in [-0.1, -0.05) is 52.4 Å². The highest BCUT2D eigenvalue weighted by molar-refractivity contribution is 6.80. The fourth-order valence-electron chi connectivity index (χ4n) is 2.85. The van der Waals surface area contributed by atoms with Crippen LogP contribution in [-0.4, -0.2) is 19.9 Å². The Morgan fingerprint density at radius 1 is 1.06 bits per heavy atom. The Labute approximate surface area is 113 Å². The highest BCUT2D eigenvalue weighted by Crippen LogP contribution is 2.32. The van der Waals surface area contributed by atoms with E-state index in [0.29, 0.717) is 6.10 Å². The predicted molar refractivity (Wildman–Crippen MR) is 79.2 cm³/mol. The lowest BCUT2D eigenvalue weighted by molar-refractivity contribution is 0.160. The van der Waals surface area contributed by atoms with Crippen molar-refractivity contribution in [1.29, 1.82) is 0 Å². The molecule has 1 nitrogen and oxygen atoms in total. The Bertz CT molecular complexity index is 193. The molecular formula is C14H29ClOSi. The molecule has 1 aliphatic rings. The molecule has 1 fully saturated rings. The van der Waals surface area contributed by atoms with E-state index in [1.807, 2.05) is 0 Å². The molecule has 0 aliphatic carbocycles. The first-order valence-corrected chi connectivity index (χ1v) is 10.6.